The number of hydrogen-bond donors (Lipinski definition) is 0. The zero-order valence-electron chi connectivity index (χ0n) is 16.0. The summed E-state index contributed by atoms with van der Waals surface area (Å²) in [6, 6.07) is 4.86. The number of carbonyl (C=O) groups is 2. The highest BCUT2D eigenvalue weighted by atomic mass is 32.1. The second-order valence-electron chi connectivity index (χ2n) is 6.60. The van der Waals surface area contributed by atoms with E-state index in [1.807, 2.05) is 37.4 Å². The van der Waals surface area contributed by atoms with E-state index in [4.69, 9.17) is 9.47 Å². The van der Waals surface area contributed by atoms with Crippen LogP contribution in [-0.2, 0) is 14.3 Å². The van der Waals surface area contributed by atoms with Crippen LogP contribution in [0.5, 0.6) is 5.75 Å². The molecule has 0 fully saturated rings. The number of unbranched alkanes of at least 4 members (excludes halogenated alkanes) is 1. The van der Waals surface area contributed by atoms with E-state index in [1.54, 1.807) is 25.2 Å². The number of carbonyl (C=O) groups excluding carboxylic acids is 2. The van der Waals surface area contributed by atoms with Crippen LogP contribution in [0.3, 0.4) is 0 Å². The van der Waals surface area contributed by atoms with Gasteiger partial charge in [-0.3, -0.25) is 9.69 Å². The van der Waals surface area contributed by atoms with Crippen LogP contribution < -0.4 is 9.64 Å². The summed E-state index contributed by atoms with van der Waals surface area (Å²) in [5.74, 6) is -0.0909. The summed E-state index contributed by atoms with van der Waals surface area (Å²) in [6.45, 7) is 7.71. The Morgan fingerprint density at radius 2 is 2.22 bits per heavy atom. The van der Waals surface area contributed by atoms with Crippen molar-refractivity contribution in [2.24, 2.45) is 0 Å². The van der Waals surface area contributed by atoms with Crippen molar-refractivity contribution in [2.75, 3.05) is 11.5 Å². The molecule has 0 saturated heterocycles. The summed E-state index contributed by atoms with van der Waals surface area (Å²) in [4.78, 5) is 31.3. The van der Waals surface area contributed by atoms with Crippen LogP contribution in [0.25, 0.3) is 11.3 Å². The van der Waals surface area contributed by atoms with Crippen molar-refractivity contribution in [1.29, 1.82) is 0 Å². The molecular formula is C20H24N2O4S. The predicted octanol–water partition coefficient (Wildman–Crippen LogP) is 3.96. The first-order chi connectivity index (χ1) is 12.9. The molecular weight excluding hydrogens is 364 g/mol. The number of fused-ring (bicyclic) bond motifs is 1. The van der Waals surface area contributed by atoms with Gasteiger partial charge < -0.3 is 9.47 Å². The largest absolute Gasteiger partial charge is 0.479 e. The third-order valence-electron chi connectivity index (χ3n) is 4.49. The molecule has 2 atom stereocenters. The molecule has 1 amide bonds. The smallest absolute Gasteiger partial charge is 0.328 e. The Balaban J connectivity index is 1.94. The molecule has 6 nitrogen and oxygen atoms in total. The van der Waals surface area contributed by atoms with Crippen LogP contribution in [0.1, 0.15) is 38.6 Å². The SMILES string of the molecule is CCCCOC(=O)C(C)N1C(=O)C(C)Oc2ccc(-c3csc(C)n3)cc21. The monoisotopic (exact) mass is 388 g/mol. The number of nitrogens with zero attached hydrogens (tertiary/aromatic N) is 2. The van der Waals surface area contributed by atoms with E-state index in [-0.39, 0.29) is 5.91 Å². The van der Waals surface area contributed by atoms with Crippen molar-refractivity contribution >= 4 is 28.9 Å². The van der Waals surface area contributed by atoms with Gasteiger partial charge in [0.1, 0.15) is 11.8 Å². The van der Waals surface area contributed by atoms with Gasteiger partial charge >= 0.3 is 5.97 Å². The van der Waals surface area contributed by atoms with Crippen molar-refractivity contribution in [3.05, 3.63) is 28.6 Å². The molecule has 0 spiro atoms. The molecule has 3 rings (SSSR count). The zero-order valence-corrected chi connectivity index (χ0v) is 16.8. The Morgan fingerprint density at radius 1 is 1.44 bits per heavy atom. The van der Waals surface area contributed by atoms with Crippen LogP contribution in [0.4, 0.5) is 5.69 Å². The van der Waals surface area contributed by atoms with E-state index < -0.39 is 18.1 Å². The van der Waals surface area contributed by atoms with Gasteiger partial charge in [0.25, 0.3) is 5.91 Å². The van der Waals surface area contributed by atoms with Crippen molar-refractivity contribution in [1.82, 2.24) is 4.98 Å². The van der Waals surface area contributed by atoms with Gasteiger partial charge in [-0.1, -0.05) is 13.3 Å². The molecule has 1 aromatic carbocycles. The summed E-state index contributed by atoms with van der Waals surface area (Å²) in [6.07, 6.45) is 1.08. The standard InChI is InChI=1S/C20H24N2O4S/c1-5-6-9-25-20(24)12(2)22-17-10-15(16-11-27-14(4)21-16)7-8-18(17)26-13(3)19(22)23/h7-8,10-13H,5-6,9H2,1-4H3. The van der Waals surface area contributed by atoms with Crippen LogP contribution in [0, 0.1) is 6.92 Å². The number of benzene rings is 1. The quantitative estimate of drug-likeness (QED) is 0.553. The van der Waals surface area contributed by atoms with E-state index in [0.717, 1.165) is 29.1 Å². The van der Waals surface area contributed by atoms with Crippen LogP contribution >= 0.6 is 11.3 Å². The summed E-state index contributed by atoms with van der Waals surface area (Å²) >= 11 is 1.56. The molecule has 2 heterocycles. The highest BCUT2D eigenvalue weighted by Gasteiger charge is 2.38. The Morgan fingerprint density at radius 3 is 2.89 bits per heavy atom. The molecule has 0 bridgehead atoms. The lowest BCUT2D eigenvalue weighted by Crippen LogP contribution is -2.52. The fraction of sp³-hybridized carbons (Fsp3) is 0.450. The molecule has 0 N–H and O–H groups in total. The van der Waals surface area contributed by atoms with Crippen LogP contribution in [-0.4, -0.2) is 35.6 Å². The van der Waals surface area contributed by atoms with Gasteiger partial charge in [0.05, 0.1) is 23.0 Å². The molecule has 1 aliphatic heterocycles. The minimum absolute atomic E-state index is 0.256. The molecule has 7 heteroatoms. The second-order valence-corrected chi connectivity index (χ2v) is 7.66. The number of aryl methyl sites for hydroxylation is 1. The maximum atomic E-state index is 12.8. The van der Waals surface area contributed by atoms with Crippen molar-refractivity contribution in [2.45, 2.75) is 52.7 Å². The molecule has 0 radical (unpaired) electrons. The van der Waals surface area contributed by atoms with Gasteiger partial charge in [-0.25, -0.2) is 9.78 Å². The number of amides is 1. The van der Waals surface area contributed by atoms with E-state index in [0.29, 0.717) is 18.0 Å². The molecule has 27 heavy (non-hydrogen) atoms. The summed E-state index contributed by atoms with van der Waals surface area (Å²) in [5, 5.41) is 2.94. The lowest BCUT2D eigenvalue weighted by Gasteiger charge is -2.36. The van der Waals surface area contributed by atoms with Gasteiger partial charge in [0, 0.05) is 10.9 Å². The zero-order chi connectivity index (χ0) is 19.6. The van der Waals surface area contributed by atoms with Gasteiger partial charge in [-0.15, -0.1) is 11.3 Å². The topological polar surface area (TPSA) is 68.7 Å². The molecule has 0 saturated carbocycles. The number of ether oxygens (including phenoxy) is 2. The first kappa shape index (κ1) is 19.4. The Bertz CT molecular complexity index is 848. The highest BCUT2D eigenvalue weighted by Crippen LogP contribution is 2.39. The first-order valence-electron chi connectivity index (χ1n) is 9.15. The molecule has 1 aromatic heterocycles. The normalized spacial score (nSPS) is 17.3. The third kappa shape index (κ3) is 3.98. The van der Waals surface area contributed by atoms with E-state index in [2.05, 4.69) is 4.98 Å². The number of esters is 1. The number of hydrogen-bond acceptors (Lipinski definition) is 6. The third-order valence-corrected chi connectivity index (χ3v) is 5.27. The van der Waals surface area contributed by atoms with Gasteiger partial charge in [-0.05, 0) is 45.4 Å². The van der Waals surface area contributed by atoms with Crippen molar-refractivity contribution < 1.29 is 19.1 Å². The minimum Gasteiger partial charge on any atom is -0.479 e. The van der Waals surface area contributed by atoms with Gasteiger partial charge in [0.15, 0.2) is 6.10 Å². The molecule has 1 aliphatic rings. The van der Waals surface area contributed by atoms with Crippen molar-refractivity contribution in [3.63, 3.8) is 0 Å². The Hall–Kier alpha value is -2.41. The average molecular weight is 388 g/mol. The predicted molar refractivity (Wildman–Crippen MR) is 105 cm³/mol. The lowest BCUT2D eigenvalue weighted by molar-refractivity contribution is -0.146. The van der Waals surface area contributed by atoms with Crippen LogP contribution in [0.2, 0.25) is 0 Å². The Kier molecular flexibility index (Phi) is 5.79. The minimum atomic E-state index is -0.730. The van der Waals surface area contributed by atoms with E-state index >= 15 is 0 Å². The van der Waals surface area contributed by atoms with Crippen molar-refractivity contribution in [3.8, 4) is 17.0 Å². The molecule has 2 unspecified atom stereocenters. The summed E-state index contributed by atoms with van der Waals surface area (Å²) < 4.78 is 11.1. The fourth-order valence-electron chi connectivity index (χ4n) is 2.96. The average Bonchev–Trinajstić information content (AvgIpc) is 3.08. The fourth-order valence-corrected chi connectivity index (χ4v) is 3.58. The van der Waals surface area contributed by atoms with Crippen LogP contribution in [0.15, 0.2) is 23.6 Å². The first-order valence-corrected chi connectivity index (χ1v) is 10.0. The van der Waals surface area contributed by atoms with Gasteiger partial charge in [-0.2, -0.15) is 0 Å². The number of rotatable bonds is 6. The second kappa shape index (κ2) is 8.08. The Labute approximate surface area is 163 Å². The highest BCUT2D eigenvalue weighted by molar-refractivity contribution is 7.09. The molecule has 144 valence electrons. The lowest BCUT2D eigenvalue weighted by atomic mass is 10.1. The summed E-state index contributed by atoms with van der Waals surface area (Å²) in [5.41, 5.74) is 2.28. The maximum absolute atomic E-state index is 12.8. The summed E-state index contributed by atoms with van der Waals surface area (Å²) in [7, 11) is 0. The van der Waals surface area contributed by atoms with E-state index in [1.165, 1.54) is 4.90 Å². The number of aromatic nitrogens is 1. The number of thiazole rings is 1. The molecule has 0 aliphatic carbocycles. The van der Waals surface area contributed by atoms with Gasteiger partial charge in [0.2, 0.25) is 0 Å². The maximum Gasteiger partial charge on any atom is 0.328 e. The molecule has 2 aromatic rings. The van der Waals surface area contributed by atoms with E-state index in [9.17, 15) is 9.59 Å². The number of anilines is 1.